The fraction of sp³-hybridized carbons (Fsp3) is 0.278. The first-order chi connectivity index (χ1) is 13.9. The zero-order valence-corrected chi connectivity index (χ0v) is 17.6. The Morgan fingerprint density at radius 1 is 0.862 bits per heavy atom. The van der Waals surface area contributed by atoms with Gasteiger partial charge in [0.05, 0.1) is 17.1 Å². The Morgan fingerprint density at radius 2 is 1.45 bits per heavy atom. The molecule has 1 aromatic heterocycles. The van der Waals surface area contributed by atoms with Gasteiger partial charge in [0, 0.05) is 36.2 Å². The molecule has 0 N–H and O–H groups in total. The minimum atomic E-state index is -3.53. The van der Waals surface area contributed by atoms with E-state index in [1.807, 2.05) is 12.1 Å². The van der Waals surface area contributed by atoms with E-state index in [1.54, 1.807) is 28.9 Å². The highest BCUT2D eigenvalue weighted by atomic mass is 35.5. The van der Waals surface area contributed by atoms with Crippen molar-refractivity contribution >= 4 is 33.2 Å². The van der Waals surface area contributed by atoms with E-state index in [4.69, 9.17) is 23.2 Å². The van der Waals surface area contributed by atoms with Crippen LogP contribution >= 0.6 is 23.2 Å². The van der Waals surface area contributed by atoms with Crippen LogP contribution in [0, 0.1) is 0 Å². The summed E-state index contributed by atoms with van der Waals surface area (Å²) in [5.41, 5.74) is 0.818. The summed E-state index contributed by atoms with van der Waals surface area (Å²) < 4.78 is 28.8. The first-order valence-electron chi connectivity index (χ1n) is 8.95. The molecule has 1 aliphatic rings. The Hall–Kier alpha value is -2.04. The van der Waals surface area contributed by atoms with Crippen molar-refractivity contribution in [3.63, 3.8) is 0 Å². The summed E-state index contributed by atoms with van der Waals surface area (Å²) >= 11 is 11.8. The molecule has 11 heteroatoms. The Balaban J connectivity index is 1.42. The van der Waals surface area contributed by atoms with E-state index in [9.17, 15) is 8.42 Å². The maximum Gasteiger partial charge on any atom is 0.243 e. The lowest BCUT2D eigenvalue weighted by atomic mass is 10.3. The standard InChI is InChI=1S/C18H18Cl2N6O2S/c19-14-1-5-16(6-2-14)26-18(21-22-23-26)13-24-9-11-25(12-10-24)29(27,28)17-7-3-15(20)4-8-17/h1-8H,9-13H2. The highest BCUT2D eigenvalue weighted by molar-refractivity contribution is 7.89. The SMILES string of the molecule is O=S(=O)(c1ccc(Cl)cc1)N1CCN(Cc2nnnn2-c2ccc(Cl)cc2)CC1. The molecule has 0 atom stereocenters. The molecule has 1 fully saturated rings. The Kier molecular flexibility index (Phi) is 5.84. The maximum absolute atomic E-state index is 12.8. The number of nitrogens with zero attached hydrogens (tertiary/aromatic N) is 6. The third kappa shape index (κ3) is 4.44. The topological polar surface area (TPSA) is 84.2 Å². The van der Waals surface area contributed by atoms with Crippen LogP contribution in [0.1, 0.15) is 5.82 Å². The normalized spacial score (nSPS) is 16.2. The van der Waals surface area contributed by atoms with Gasteiger partial charge in [0.25, 0.3) is 0 Å². The van der Waals surface area contributed by atoms with E-state index in [1.165, 1.54) is 16.4 Å². The largest absolute Gasteiger partial charge is 0.293 e. The molecule has 0 bridgehead atoms. The summed E-state index contributed by atoms with van der Waals surface area (Å²) in [5.74, 6) is 0.682. The number of hydrogen-bond acceptors (Lipinski definition) is 6. The summed E-state index contributed by atoms with van der Waals surface area (Å²) in [6.45, 7) is 2.48. The molecule has 2 aromatic carbocycles. The Bertz CT molecular complexity index is 1080. The number of sulfonamides is 1. The average Bonchev–Trinajstić information content (AvgIpc) is 3.17. The lowest BCUT2D eigenvalue weighted by molar-refractivity contribution is 0.177. The molecule has 0 radical (unpaired) electrons. The third-order valence-electron chi connectivity index (χ3n) is 4.75. The maximum atomic E-state index is 12.8. The van der Waals surface area contributed by atoms with E-state index < -0.39 is 10.0 Å². The number of tetrazole rings is 1. The van der Waals surface area contributed by atoms with Gasteiger partial charge < -0.3 is 0 Å². The van der Waals surface area contributed by atoms with Crippen LogP contribution < -0.4 is 0 Å². The van der Waals surface area contributed by atoms with E-state index in [2.05, 4.69) is 20.4 Å². The van der Waals surface area contributed by atoms with Crippen molar-refractivity contribution in [3.05, 3.63) is 64.4 Å². The molecule has 1 saturated heterocycles. The van der Waals surface area contributed by atoms with Gasteiger partial charge in [0.1, 0.15) is 0 Å². The van der Waals surface area contributed by atoms with Crippen molar-refractivity contribution in [2.45, 2.75) is 11.4 Å². The summed E-state index contributed by atoms with van der Waals surface area (Å²) in [4.78, 5) is 2.38. The highest BCUT2D eigenvalue weighted by Gasteiger charge is 2.29. The zero-order chi connectivity index (χ0) is 20.4. The van der Waals surface area contributed by atoms with Crippen molar-refractivity contribution < 1.29 is 8.42 Å². The predicted molar refractivity (Wildman–Crippen MR) is 110 cm³/mol. The molecular weight excluding hydrogens is 435 g/mol. The number of aromatic nitrogens is 4. The number of piperazine rings is 1. The van der Waals surface area contributed by atoms with Gasteiger partial charge in [-0.05, 0) is 59.0 Å². The van der Waals surface area contributed by atoms with E-state index >= 15 is 0 Å². The molecule has 0 aliphatic carbocycles. The van der Waals surface area contributed by atoms with E-state index in [0.717, 1.165) is 5.69 Å². The summed E-state index contributed by atoms with van der Waals surface area (Å²) in [7, 11) is -3.53. The van der Waals surface area contributed by atoms with Crippen molar-refractivity contribution in [2.75, 3.05) is 26.2 Å². The zero-order valence-electron chi connectivity index (χ0n) is 15.3. The second-order valence-electron chi connectivity index (χ2n) is 6.62. The van der Waals surface area contributed by atoms with Crippen LogP contribution in [0.3, 0.4) is 0 Å². The van der Waals surface area contributed by atoms with E-state index in [-0.39, 0.29) is 4.90 Å². The summed E-state index contributed by atoms with van der Waals surface area (Å²) in [5, 5.41) is 13.1. The molecule has 29 heavy (non-hydrogen) atoms. The average molecular weight is 453 g/mol. The van der Waals surface area contributed by atoms with Gasteiger partial charge in [-0.1, -0.05) is 23.2 Å². The number of rotatable bonds is 5. The molecule has 4 rings (SSSR count). The van der Waals surface area contributed by atoms with Crippen molar-refractivity contribution in [3.8, 4) is 5.69 Å². The smallest absolute Gasteiger partial charge is 0.243 e. The van der Waals surface area contributed by atoms with Gasteiger partial charge >= 0.3 is 0 Å². The van der Waals surface area contributed by atoms with Crippen LogP contribution in [0.2, 0.25) is 10.0 Å². The van der Waals surface area contributed by atoms with Crippen LogP contribution in [0.5, 0.6) is 0 Å². The van der Waals surface area contributed by atoms with Gasteiger partial charge in [0.2, 0.25) is 10.0 Å². The van der Waals surface area contributed by atoms with Gasteiger partial charge in [0.15, 0.2) is 5.82 Å². The number of hydrogen-bond donors (Lipinski definition) is 0. The van der Waals surface area contributed by atoms with Gasteiger partial charge in [-0.2, -0.15) is 8.99 Å². The molecule has 0 spiro atoms. The van der Waals surface area contributed by atoms with Crippen LogP contribution in [-0.2, 0) is 16.6 Å². The van der Waals surface area contributed by atoms with Gasteiger partial charge in [-0.3, -0.25) is 4.90 Å². The third-order valence-corrected chi connectivity index (χ3v) is 7.17. The van der Waals surface area contributed by atoms with Gasteiger partial charge in [-0.15, -0.1) is 5.10 Å². The van der Waals surface area contributed by atoms with Crippen LogP contribution in [0.15, 0.2) is 53.4 Å². The number of benzene rings is 2. The summed E-state index contributed by atoms with van der Waals surface area (Å²) in [6.07, 6.45) is 0. The lowest BCUT2D eigenvalue weighted by Gasteiger charge is -2.33. The highest BCUT2D eigenvalue weighted by Crippen LogP contribution is 2.20. The molecule has 0 amide bonds. The quantitative estimate of drug-likeness (QED) is 0.590. The fourth-order valence-electron chi connectivity index (χ4n) is 3.17. The van der Waals surface area contributed by atoms with Crippen molar-refractivity contribution in [1.29, 1.82) is 0 Å². The number of halogens is 2. The molecular formula is C18H18Cl2N6O2S. The van der Waals surface area contributed by atoms with Crippen LogP contribution in [-0.4, -0.2) is 64.0 Å². The molecule has 0 unspecified atom stereocenters. The Labute approximate surface area is 178 Å². The molecule has 8 nitrogen and oxygen atoms in total. The molecule has 2 heterocycles. The molecule has 152 valence electrons. The van der Waals surface area contributed by atoms with Crippen LogP contribution in [0.4, 0.5) is 0 Å². The molecule has 1 aliphatic heterocycles. The van der Waals surface area contributed by atoms with Crippen molar-refractivity contribution in [2.24, 2.45) is 0 Å². The minimum absolute atomic E-state index is 0.252. The molecule has 0 saturated carbocycles. The minimum Gasteiger partial charge on any atom is -0.293 e. The fourth-order valence-corrected chi connectivity index (χ4v) is 4.84. The van der Waals surface area contributed by atoms with Crippen LogP contribution in [0.25, 0.3) is 5.69 Å². The monoisotopic (exact) mass is 452 g/mol. The predicted octanol–water partition coefficient (Wildman–Crippen LogP) is 2.48. The van der Waals surface area contributed by atoms with E-state index in [0.29, 0.717) is 48.6 Å². The van der Waals surface area contributed by atoms with Gasteiger partial charge in [-0.25, -0.2) is 8.42 Å². The van der Waals surface area contributed by atoms with Crippen molar-refractivity contribution in [1.82, 2.24) is 29.4 Å². The second kappa shape index (κ2) is 8.37. The first kappa shape index (κ1) is 20.2. The molecule has 3 aromatic rings. The summed E-state index contributed by atoms with van der Waals surface area (Å²) in [6, 6.07) is 13.5. The first-order valence-corrected chi connectivity index (χ1v) is 11.1. The Morgan fingerprint density at radius 3 is 2.07 bits per heavy atom. The second-order valence-corrected chi connectivity index (χ2v) is 9.43. The lowest BCUT2D eigenvalue weighted by Crippen LogP contribution is -2.48.